The van der Waals surface area contributed by atoms with Gasteiger partial charge in [0.2, 0.25) is 0 Å². The molecule has 1 fully saturated rings. The van der Waals surface area contributed by atoms with Crippen LogP contribution < -0.4 is 10.1 Å². The summed E-state index contributed by atoms with van der Waals surface area (Å²) >= 11 is 0. The predicted molar refractivity (Wildman–Crippen MR) is 120 cm³/mol. The van der Waals surface area contributed by atoms with E-state index < -0.39 is 5.60 Å². The van der Waals surface area contributed by atoms with E-state index in [9.17, 15) is 4.79 Å². The molecule has 0 spiro atoms. The van der Waals surface area contributed by atoms with Gasteiger partial charge in [0.25, 0.3) is 5.91 Å². The fourth-order valence-electron chi connectivity index (χ4n) is 3.93. The second-order valence-corrected chi connectivity index (χ2v) is 8.33. The number of nitrogens with zero attached hydrogens (tertiary/aromatic N) is 1. The number of hydrogen-bond acceptors (Lipinski definition) is 4. The number of likely N-dealkylation sites (tertiary alicyclic amines) is 1. The summed E-state index contributed by atoms with van der Waals surface area (Å²) in [5, 5.41) is 2.99. The number of benzene rings is 1. The maximum Gasteiger partial charge on any atom is 0.256 e. The summed E-state index contributed by atoms with van der Waals surface area (Å²) in [6.45, 7) is 11.8. The van der Waals surface area contributed by atoms with Gasteiger partial charge in [-0.25, -0.2) is 0 Å². The summed E-state index contributed by atoms with van der Waals surface area (Å²) in [5.74, 6) is 0.755. The molecule has 5 nitrogen and oxygen atoms in total. The van der Waals surface area contributed by atoms with Crippen molar-refractivity contribution in [3.05, 3.63) is 24.3 Å². The molecule has 0 saturated carbocycles. The molecule has 5 heteroatoms. The average molecular weight is 405 g/mol. The number of hydrogen-bond donors (Lipinski definition) is 1. The number of nitrogens with one attached hydrogen (secondary N) is 1. The first-order chi connectivity index (χ1) is 14.0. The fraction of sp³-hybridized carbons (Fsp3) is 0.708. The summed E-state index contributed by atoms with van der Waals surface area (Å²) in [5.41, 5.74) is -0.0159. The summed E-state index contributed by atoms with van der Waals surface area (Å²) in [4.78, 5) is 15.3. The van der Waals surface area contributed by atoms with E-state index in [4.69, 9.17) is 9.47 Å². The van der Waals surface area contributed by atoms with Crippen LogP contribution in [0.3, 0.4) is 0 Å². The van der Waals surface area contributed by atoms with Crippen molar-refractivity contribution in [3.8, 4) is 5.75 Å². The van der Waals surface area contributed by atoms with E-state index in [2.05, 4.69) is 24.1 Å². The molecule has 0 radical (unpaired) electrons. The molecule has 1 heterocycles. The van der Waals surface area contributed by atoms with Gasteiger partial charge >= 0.3 is 0 Å². The molecule has 0 aromatic heterocycles. The Labute approximate surface area is 177 Å². The molecule has 1 aliphatic rings. The first-order valence-electron chi connectivity index (χ1n) is 11.4. The molecule has 2 rings (SSSR count). The monoisotopic (exact) mass is 404 g/mol. The summed E-state index contributed by atoms with van der Waals surface area (Å²) < 4.78 is 11.7. The van der Waals surface area contributed by atoms with Gasteiger partial charge < -0.3 is 19.7 Å². The Morgan fingerprint density at radius 2 is 1.97 bits per heavy atom. The number of unbranched alkanes of at least 4 members (excludes halogenated alkanes) is 1. The summed E-state index contributed by atoms with van der Waals surface area (Å²) in [6.07, 6.45) is 7.76. The van der Waals surface area contributed by atoms with Crippen LogP contribution in [0.2, 0.25) is 0 Å². The van der Waals surface area contributed by atoms with Crippen molar-refractivity contribution in [1.82, 2.24) is 4.90 Å². The molecule has 1 saturated heterocycles. The standard InChI is InChI=1S/C24H40N2O3/c1-5-7-16-24(4,29-6-2)23(27)25-21-12-14-22(15-13-21)28-19-10-18-26-17-9-8-11-20(26)3/h12-15,20H,5-11,16-19H2,1-4H3,(H,25,27)/t20-,24+/m0/s1. The minimum atomic E-state index is -0.786. The highest BCUT2D eigenvalue weighted by Crippen LogP contribution is 2.23. The van der Waals surface area contributed by atoms with Gasteiger partial charge in [0.15, 0.2) is 0 Å². The van der Waals surface area contributed by atoms with Crippen molar-refractivity contribution >= 4 is 11.6 Å². The zero-order valence-corrected chi connectivity index (χ0v) is 18.8. The third-order valence-electron chi connectivity index (χ3n) is 5.86. The number of amides is 1. The molecule has 164 valence electrons. The Morgan fingerprint density at radius 1 is 1.21 bits per heavy atom. The van der Waals surface area contributed by atoms with Gasteiger partial charge in [0.05, 0.1) is 6.61 Å². The first-order valence-corrected chi connectivity index (χ1v) is 11.4. The van der Waals surface area contributed by atoms with Crippen molar-refractivity contribution < 1.29 is 14.3 Å². The molecular weight excluding hydrogens is 364 g/mol. The molecule has 1 aliphatic heterocycles. The van der Waals surface area contributed by atoms with Crippen LogP contribution in [0.25, 0.3) is 0 Å². The van der Waals surface area contributed by atoms with Crippen molar-refractivity contribution in [2.75, 3.05) is 31.6 Å². The third kappa shape index (κ3) is 7.63. The van der Waals surface area contributed by atoms with E-state index in [-0.39, 0.29) is 5.91 Å². The second-order valence-electron chi connectivity index (χ2n) is 8.33. The summed E-state index contributed by atoms with van der Waals surface area (Å²) in [7, 11) is 0. The van der Waals surface area contributed by atoms with Crippen LogP contribution in [0, 0.1) is 0 Å². The van der Waals surface area contributed by atoms with E-state index in [1.54, 1.807) is 0 Å². The van der Waals surface area contributed by atoms with Gasteiger partial charge in [-0.3, -0.25) is 4.79 Å². The van der Waals surface area contributed by atoms with Gasteiger partial charge in [0.1, 0.15) is 11.4 Å². The predicted octanol–water partition coefficient (Wildman–Crippen LogP) is 5.25. The molecule has 2 atom stereocenters. The number of anilines is 1. The molecule has 29 heavy (non-hydrogen) atoms. The smallest absolute Gasteiger partial charge is 0.256 e. The molecule has 0 aliphatic carbocycles. The van der Waals surface area contributed by atoms with Crippen molar-refractivity contribution in [2.24, 2.45) is 0 Å². The number of carbonyl (C=O) groups is 1. The maximum absolute atomic E-state index is 12.7. The van der Waals surface area contributed by atoms with Crippen molar-refractivity contribution in [2.45, 2.75) is 84.3 Å². The quantitative estimate of drug-likeness (QED) is 0.483. The lowest BCUT2D eigenvalue weighted by atomic mass is 9.97. The lowest BCUT2D eigenvalue weighted by Gasteiger charge is -2.33. The molecule has 1 aromatic carbocycles. The highest BCUT2D eigenvalue weighted by molar-refractivity contribution is 5.97. The Kier molecular flexibility index (Phi) is 9.95. The van der Waals surface area contributed by atoms with Crippen molar-refractivity contribution in [1.29, 1.82) is 0 Å². The lowest BCUT2D eigenvalue weighted by Crippen LogP contribution is -2.42. The molecule has 0 bridgehead atoms. The Bertz CT molecular complexity index is 605. The second kappa shape index (κ2) is 12.2. The maximum atomic E-state index is 12.7. The fourth-order valence-corrected chi connectivity index (χ4v) is 3.93. The lowest BCUT2D eigenvalue weighted by molar-refractivity contribution is -0.139. The van der Waals surface area contributed by atoms with Crippen LogP contribution in [0.5, 0.6) is 5.75 Å². The van der Waals surface area contributed by atoms with E-state index in [0.29, 0.717) is 19.3 Å². The van der Waals surface area contributed by atoms with Gasteiger partial charge in [-0.05, 0) is 77.3 Å². The summed E-state index contributed by atoms with van der Waals surface area (Å²) in [6, 6.07) is 8.33. The van der Waals surface area contributed by atoms with Crippen LogP contribution in [0.4, 0.5) is 5.69 Å². The zero-order valence-electron chi connectivity index (χ0n) is 18.8. The zero-order chi connectivity index (χ0) is 21.1. The highest BCUT2D eigenvalue weighted by atomic mass is 16.5. The van der Waals surface area contributed by atoms with Gasteiger partial charge in [-0.2, -0.15) is 0 Å². The first kappa shape index (κ1) is 23.7. The Morgan fingerprint density at radius 3 is 2.62 bits per heavy atom. The van der Waals surface area contributed by atoms with E-state index >= 15 is 0 Å². The SMILES string of the molecule is CCCC[C@@](C)(OCC)C(=O)Nc1ccc(OCCCN2CCCC[C@@H]2C)cc1. The minimum absolute atomic E-state index is 0.0860. The van der Waals surface area contributed by atoms with Gasteiger partial charge in [-0.15, -0.1) is 0 Å². The highest BCUT2D eigenvalue weighted by Gasteiger charge is 2.33. The average Bonchev–Trinajstić information content (AvgIpc) is 2.72. The van der Waals surface area contributed by atoms with Gasteiger partial charge in [0, 0.05) is 24.9 Å². The molecule has 1 N–H and O–H groups in total. The van der Waals surface area contributed by atoms with Crippen LogP contribution in [-0.4, -0.2) is 48.8 Å². The van der Waals surface area contributed by atoms with Crippen LogP contribution in [-0.2, 0) is 9.53 Å². The number of rotatable bonds is 12. The van der Waals surface area contributed by atoms with Crippen LogP contribution in [0.15, 0.2) is 24.3 Å². The molecule has 0 unspecified atom stereocenters. The largest absolute Gasteiger partial charge is 0.494 e. The normalized spacial score (nSPS) is 19.5. The van der Waals surface area contributed by atoms with E-state index in [0.717, 1.165) is 43.7 Å². The van der Waals surface area contributed by atoms with Crippen LogP contribution >= 0.6 is 0 Å². The minimum Gasteiger partial charge on any atom is -0.494 e. The molecular formula is C24H40N2O3. The molecule has 1 amide bonds. The number of piperidine rings is 1. The number of ether oxygens (including phenoxy) is 2. The Hall–Kier alpha value is -1.59. The van der Waals surface area contributed by atoms with Crippen LogP contribution in [0.1, 0.15) is 72.6 Å². The third-order valence-corrected chi connectivity index (χ3v) is 5.86. The molecule has 1 aromatic rings. The Balaban J connectivity index is 1.77. The van der Waals surface area contributed by atoms with Crippen molar-refractivity contribution in [3.63, 3.8) is 0 Å². The topological polar surface area (TPSA) is 50.8 Å². The van der Waals surface area contributed by atoms with E-state index in [1.807, 2.05) is 38.1 Å². The van der Waals surface area contributed by atoms with Gasteiger partial charge in [-0.1, -0.05) is 26.2 Å². The number of carbonyl (C=O) groups excluding carboxylic acids is 1. The van der Waals surface area contributed by atoms with E-state index in [1.165, 1.54) is 25.8 Å².